The molecule has 3 heteroatoms. The van der Waals surface area contributed by atoms with Crippen molar-refractivity contribution < 1.29 is 14.6 Å². The highest BCUT2D eigenvalue weighted by Gasteiger charge is 1.88. The lowest BCUT2D eigenvalue weighted by molar-refractivity contribution is -0.117. The maximum absolute atomic E-state index is 10.1. The van der Waals surface area contributed by atoms with Crippen LogP contribution in [0, 0.1) is 0 Å². The molecule has 0 heterocycles. The molecule has 0 saturated heterocycles. The van der Waals surface area contributed by atoms with Gasteiger partial charge in [-0.3, -0.25) is 0 Å². The molecular formula is C9H20O3. The third-order valence-corrected chi connectivity index (χ3v) is 1.10. The zero-order chi connectivity index (χ0) is 9.82. The Morgan fingerprint density at radius 2 is 1.83 bits per heavy atom. The first kappa shape index (κ1) is 14.1. The van der Waals surface area contributed by atoms with Gasteiger partial charge in [-0.05, 0) is 27.2 Å². The van der Waals surface area contributed by atoms with E-state index in [1.54, 1.807) is 0 Å². The van der Waals surface area contributed by atoms with Gasteiger partial charge in [-0.1, -0.05) is 0 Å². The van der Waals surface area contributed by atoms with E-state index in [1.165, 1.54) is 6.92 Å². The van der Waals surface area contributed by atoms with Crippen LogP contribution >= 0.6 is 0 Å². The first-order valence-corrected chi connectivity index (χ1v) is 4.37. The minimum Gasteiger partial charge on any atom is -0.396 e. The molecule has 0 atom stereocenters. The second-order valence-corrected chi connectivity index (χ2v) is 2.31. The van der Waals surface area contributed by atoms with E-state index in [1.807, 2.05) is 13.8 Å². The van der Waals surface area contributed by atoms with Crippen molar-refractivity contribution in [1.82, 2.24) is 0 Å². The van der Waals surface area contributed by atoms with E-state index < -0.39 is 0 Å². The van der Waals surface area contributed by atoms with Crippen molar-refractivity contribution in [3.63, 3.8) is 0 Å². The first-order valence-electron chi connectivity index (χ1n) is 4.37. The summed E-state index contributed by atoms with van der Waals surface area (Å²) in [4.78, 5) is 10.1. The summed E-state index contributed by atoms with van der Waals surface area (Å²) in [5.41, 5.74) is 0. The van der Waals surface area contributed by atoms with Gasteiger partial charge in [0.25, 0.3) is 0 Å². The SMILES string of the molecule is CC(=O)CCCO.CCOCC. The minimum atomic E-state index is 0.125. The Morgan fingerprint density at radius 1 is 1.33 bits per heavy atom. The standard InChI is InChI=1S/C5H10O2.C4H10O/c1-5(7)3-2-4-6;1-3-5-4-2/h6H,2-4H2,1H3;3-4H2,1-2H3. The Hall–Kier alpha value is -0.410. The van der Waals surface area contributed by atoms with Crippen LogP contribution in [0.2, 0.25) is 0 Å². The van der Waals surface area contributed by atoms with Gasteiger partial charge < -0.3 is 14.6 Å². The molecule has 12 heavy (non-hydrogen) atoms. The number of carbonyl (C=O) groups excluding carboxylic acids is 1. The minimum absolute atomic E-state index is 0.125. The van der Waals surface area contributed by atoms with E-state index in [9.17, 15) is 4.79 Å². The van der Waals surface area contributed by atoms with Gasteiger partial charge in [-0.25, -0.2) is 0 Å². The van der Waals surface area contributed by atoms with Gasteiger partial charge in [0.2, 0.25) is 0 Å². The third kappa shape index (κ3) is 22.6. The summed E-state index contributed by atoms with van der Waals surface area (Å²) in [7, 11) is 0. The van der Waals surface area contributed by atoms with Gasteiger partial charge in [0, 0.05) is 26.2 Å². The molecule has 0 spiro atoms. The Morgan fingerprint density at radius 3 is 1.92 bits per heavy atom. The smallest absolute Gasteiger partial charge is 0.129 e. The van der Waals surface area contributed by atoms with Gasteiger partial charge in [0.05, 0.1) is 0 Å². The van der Waals surface area contributed by atoms with Crippen LogP contribution in [0.25, 0.3) is 0 Å². The van der Waals surface area contributed by atoms with Crippen molar-refractivity contribution in [3.05, 3.63) is 0 Å². The van der Waals surface area contributed by atoms with Crippen LogP contribution in [0.1, 0.15) is 33.6 Å². The molecule has 0 aromatic carbocycles. The summed E-state index contributed by atoms with van der Waals surface area (Å²) < 4.78 is 4.83. The molecule has 3 nitrogen and oxygen atoms in total. The van der Waals surface area contributed by atoms with Crippen molar-refractivity contribution in [2.24, 2.45) is 0 Å². The van der Waals surface area contributed by atoms with Gasteiger partial charge in [0.1, 0.15) is 5.78 Å². The van der Waals surface area contributed by atoms with Crippen LogP contribution in [0.15, 0.2) is 0 Å². The zero-order valence-corrected chi connectivity index (χ0v) is 8.30. The molecule has 0 aliphatic heterocycles. The molecule has 0 aliphatic carbocycles. The second-order valence-electron chi connectivity index (χ2n) is 2.31. The molecule has 0 amide bonds. The number of aliphatic hydroxyl groups is 1. The largest absolute Gasteiger partial charge is 0.396 e. The van der Waals surface area contributed by atoms with Crippen LogP contribution in [0.3, 0.4) is 0 Å². The van der Waals surface area contributed by atoms with Crippen molar-refractivity contribution in [2.75, 3.05) is 19.8 Å². The normalized spacial score (nSPS) is 8.67. The molecule has 0 aromatic heterocycles. The maximum Gasteiger partial charge on any atom is 0.129 e. The number of hydrogen-bond acceptors (Lipinski definition) is 3. The summed E-state index contributed by atoms with van der Waals surface area (Å²) in [5.74, 6) is 0.147. The van der Waals surface area contributed by atoms with E-state index in [2.05, 4.69) is 0 Å². The highest BCUT2D eigenvalue weighted by Crippen LogP contribution is 1.85. The monoisotopic (exact) mass is 176 g/mol. The predicted molar refractivity (Wildman–Crippen MR) is 49.2 cm³/mol. The van der Waals surface area contributed by atoms with E-state index in [4.69, 9.17) is 9.84 Å². The van der Waals surface area contributed by atoms with E-state index in [-0.39, 0.29) is 12.4 Å². The van der Waals surface area contributed by atoms with Crippen LogP contribution in [0.4, 0.5) is 0 Å². The van der Waals surface area contributed by atoms with Crippen LogP contribution in [-0.4, -0.2) is 30.7 Å². The van der Waals surface area contributed by atoms with Crippen LogP contribution < -0.4 is 0 Å². The highest BCUT2D eigenvalue weighted by atomic mass is 16.5. The van der Waals surface area contributed by atoms with Gasteiger partial charge in [0.15, 0.2) is 0 Å². The third-order valence-electron chi connectivity index (χ3n) is 1.10. The van der Waals surface area contributed by atoms with Crippen molar-refractivity contribution in [1.29, 1.82) is 0 Å². The molecule has 0 radical (unpaired) electrons. The molecule has 0 rings (SSSR count). The molecular weight excluding hydrogens is 156 g/mol. The number of hydrogen-bond donors (Lipinski definition) is 1. The number of carbonyl (C=O) groups is 1. The van der Waals surface area contributed by atoms with Crippen molar-refractivity contribution >= 4 is 5.78 Å². The lowest BCUT2D eigenvalue weighted by Gasteiger charge is -1.86. The van der Waals surface area contributed by atoms with Gasteiger partial charge >= 0.3 is 0 Å². The molecule has 0 saturated carbocycles. The fraction of sp³-hybridized carbons (Fsp3) is 0.889. The van der Waals surface area contributed by atoms with E-state index in [0.29, 0.717) is 12.8 Å². The summed E-state index contributed by atoms with van der Waals surface area (Å²) in [5, 5.41) is 8.16. The summed E-state index contributed by atoms with van der Waals surface area (Å²) >= 11 is 0. The number of ether oxygens (including phenoxy) is 1. The molecule has 0 aliphatic rings. The molecule has 0 fully saturated rings. The zero-order valence-electron chi connectivity index (χ0n) is 8.30. The van der Waals surface area contributed by atoms with Crippen LogP contribution in [-0.2, 0) is 9.53 Å². The van der Waals surface area contributed by atoms with Crippen molar-refractivity contribution in [2.45, 2.75) is 33.6 Å². The number of aliphatic hydroxyl groups excluding tert-OH is 1. The Bertz CT molecular complexity index is 89.8. The average Bonchev–Trinajstić information content (AvgIpc) is 2.03. The number of ketones is 1. The maximum atomic E-state index is 10.1. The fourth-order valence-electron chi connectivity index (χ4n) is 0.532. The van der Waals surface area contributed by atoms with Crippen LogP contribution in [0.5, 0.6) is 0 Å². The number of rotatable bonds is 5. The summed E-state index contributed by atoms with van der Waals surface area (Å²) in [6, 6.07) is 0. The van der Waals surface area contributed by atoms with Gasteiger partial charge in [-0.2, -0.15) is 0 Å². The van der Waals surface area contributed by atoms with E-state index >= 15 is 0 Å². The molecule has 1 N–H and O–H groups in total. The molecule has 74 valence electrons. The lowest BCUT2D eigenvalue weighted by atomic mass is 10.2. The second kappa shape index (κ2) is 13.2. The van der Waals surface area contributed by atoms with Crippen molar-refractivity contribution in [3.8, 4) is 0 Å². The summed E-state index contributed by atoms with van der Waals surface area (Å²) in [6.45, 7) is 7.31. The first-order chi connectivity index (χ1) is 5.68. The molecule has 0 bridgehead atoms. The Kier molecular flexibility index (Phi) is 15.5. The van der Waals surface area contributed by atoms with Gasteiger partial charge in [-0.15, -0.1) is 0 Å². The molecule has 0 aromatic rings. The lowest BCUT2D eigenvalue weighted by Crippen LogP contribution is -1.91. The Labute approximate surface area is 74.7 Å². The Balaban J connectivity index is 0. The fourth-order valence-corrected chi connectivity index (χ4v) is 0.532. The quantitative estimate of drug-likeness (QED) is 0.688. The average molecular weight is 176 g/mol. The predicted octanol–water partition coefficient (Wildman–Crippen LogP) is 1.39. The topological polar surface area (TPSA) is 46.5 Å². The highest BCUT2D eigenvalue weighted by molar-refractivity contribution is 5.75. The number of Topliss-reactive ketones (excluding diaryl/α,β-unsaturated/α-hetero) is 1. The van der Waals surface area contributed by atoms with E-state index in [0.717, 1.165) is 13.2 Å². The molecule has 0 unspecified atom stereocenters. The summed E-state index contributed by atoms with van der Waals surface area (Å²) in [6.07, 6.45) is 1.12.